The van der Waals surface area contributed by atoms with Crippen LogP contribution in [0.5, 0.6) is 5.75 Å². The van der Waals surface area contributed by atoms with Crippen LogP contribution in [0.25, 0.3) is 0 Å². The van der Waals surface area contributed by atoms with Crippen molar-refractivity contribution in [1.82, 2.24) is 9.45 Å². The van der Waals surface area contributed by atoms with Crippen molar-refractivity contribution < 1.29 is 27.9 Å². The summed E-state index contributed by atoms with van der Waals surface area (Å²) in [6.07, 6.45) is 4.83. The maximum atomic E-state index is 12.6. The number of aromatic nitrogens is 1. The number of hydrogen-bond acceptors (Lipinski definition) is 6. The van der Waals surface area contributed by atoms with Crippen LogP contribution in [-0.2, 0) is 16.6 Å². The average Bonchev–Trinajstić information content (AvgIpc) is 2.74. The van der Waals surface area contributed by atoms with Gasteiger partial charge < -0.3 is 14.7 Å². The Morgan fingerprint density at radius 1 is 1.13 bits per heavy atom. The number of aromatic carboxylic acids is 1. The summed E-state index contributed by atoms with van der Waals surface area (Å²) in [5, 5.41) is 9.07. The minimum Gasteiger partial charge on any atom is -0.488 e. The third kappa shape index (κ3) is 7.11. The molecule has 0 aliphatic heterocycles. The largest absolute Gasteiger partial charge is 0.488 e. The van der Waals surface area contributed by atoms with E-state index >= 15 is 0 Å². The molecule has 0 saturated heterocycles. The second-order valence-corrected chi connectivity index (χ2v) is 8.63. The normalized spacial score (nSPS) is 11.3. The van der Waals surface area contributed by atoms with E-state index < -0.39 is 16.0 Å². The first-order valence-electron chi connectivity index (χ1n) is 10.1. The Labute approximate surface area is 181 Å². The summed E-state index contributed by atoms with van der Waals surface area (Å²) < 4.78 is 34.5. The highest BCUT2D eigenvalue weighted by molar-refractivity contribution is 7.89. The smallest absolute Gasteiger partial charge is 0.335 e. The van der Waals surface area contributed by atoms with Gasteiger partial charge in [-0.25, -0.2) is 17.9 Å². The summed E-state index contributed by atoms with van der Waals surface area (Å²) in [7, 11) is -4.01. The van der Waals surface area contributed by atoms with E-state index in [2.05, 4.69) is 4.72 Å². The molecule has 0 bridgehead atoms. The molecule has 0 fully saturated rings. The molecule has 2 aromatic rings. The fourth-order valence-corrected chi connectivity index (χ4v) is 3.62. The zero-order chi connectivity index (χ0) is 22.9. The van der Waals surface area contributed by atoms with Crippen molar-refractivity contribution in [2.24, 2.45) is 0 Å². The van der Waals surface area contributed by atoms with Gasteiger partial charge in [-0.2, -0.15) is 4.73 Å². The number of sulfonamides is 1. The quantitative estimate of drug-likeness (QED) is 0.447. The summed E-state index contributed by atoms with van der Waals surface area (Å²) in [6.45, 7) is 4.57. The second-order valence-electron chi connectivity index (χ2n) is 6.87. The van der Waals surface area contributed by atoms with Crippen LogP contribution in [0, 0.1) is 0 Å². The van der Waals surface area contributed by atoms with Gasteiger partial charge in [0.15, 0.2) is 5.75 Å². The Morgan fingerprint density at radius 2 is 1.84 bits per heavy atom. The molecule has 0 radical (unpaired) electrons. The van der Waals surface area contributed by atoms with Gasteiger partial charge in [-0.1, -0.05) is 32.8 Å². The van der Waals surface area contributed by atoms with Gasteiger partial charge in [0.05, 0.1) is 35.5 Å². The van der Waals surface area contributed by atoms with Gasteiger partial charge in [0.25, 0.3) is 0 Å². The van der Waals surface area contributed by atoms with Gasteiger partial charge in [0.2, 0.25) is 15.5 Å². The van der Waals surface area contributed by atoms with E-state index in [0.29, 0.717) is 18.9 Å². The van der Waals surface area contributed by atoms with Gasteiger partial charge in [0, 0.05) is 6.07 Å². The molecule has 1 aromatic heterocycles. The lowest BCUT2D eigenvalue weighted by atomic mass is 10.2. The fraction of sp³-hybridized carbons (Fsp3) is 0.429. The molecule has 0 spiro atoms. The third-order valence-electron chi connectivity index (χ3n) is 4.38. The van der Waals surface area contributed by atoms with Crippen LogP contribution < -0.4 is 19.7 Å². The maximum Gasteiger partial charge on any atom is 0.335 e. The van der Waals surface area contributed by atoms with E-state index in [1.807, 2.05) is 13.8 Å². The van der Waals surface area contributed by atoms with Crippen LogP contribution >= 0.6 is 0 Å². The summed E-state index contributed by atoms with van der Waals surface area (Å²) in [4.78, 5) is 29.0. The van der Waals surface area contributed by atoms with Gasteiger partial charge >= 0.3 is 5.97 Å². The zero-order valence-corrected chi connectivity index (χ0v) is 18.5. The molecule has 10 heteroatoms. The first-order valence-corrected chi connectivity index (χ1v) is 11.6. The van der Waals surface area contributed by atoms with Crippen LogP contribution in [0.1, 0.15) is 55.6 Å². The molecular formula is C21H28N2O7S. The molecule has 170 valence electrons. The topological polar surface area (TPSA) is 124 Å². The lowest BCUT2D eigenvalue weighted by Gasteiger charge is -2.17. The number of carboxylic acid groups (broad SMARTS) is 1. The molecule has 0 amide bonds. The number of carbonyl (C=O) groups is 1. The summed E-state index contributed by atoms with van der Waals surface area (Å²) >= 11 is 0. The molecular weight excluding hydrogens is 424 g/mol. The molecule has 0 aliphatic rings. The lowest BCUT2D eigenvalue weighted by molar-refractivity contribution is 0.0696. The fourth-order valence-electron chi connectivity index (χ4n) is 2.58. The molecule has 0 aliphatic carbocycles. The van der Waals surface area contributed by atoms with E-state index in [1.54, 1.807) is 0 Å². The molecule has 0 saturated carbocycles. The molecule has 31 heavy (non-hydrogen) atoms. The minimum absolute atomic E-state index is 0.130. The van der Waals surface area contributed by atoms with Crippen molar-refractivity contribution in [2.45, 2.75) is 51.0 Å². The number of pyridine rings is 1. The number of carboxylic acids is 1. The van der Waals surface area contributed by atoms with Crippen LogP contribution in [0.2, 0.25) is 0 Å². The molecule has 1 heterocycles. The number of nitrogens with zero attached hydrogens (tertiary/aromatic N) is 1. The average molecular weight is 453 g/mol. The SMILES string of the molecule is CCCCOc1cn(OCCCC)c(CNS(=O)(=O)c2cccc(C(=O)O)c2)cc1=O. The van der Waals surface area contributed by atoms with Gasteiger partial charge in [-0.15, -0.1) is 0 Å². The van der Waals surface area contributed by atoms with Crippen molar-refractivity contribution in [3.63, 3.8) is 0 Å². The Morgan fingerprint density at radius 3 is 2.52 bits per heavy atom. The highest BCUT2D eigenvalue weighted by Crippen LogP contribution is 2.13. The van der Waals surface area contributed by atoms with E-state index in [9.17, 15) is 18.0 Å². The number of unbranched alkanes of at least 4 members (excludes halogenated alkanes) is 2. The maximum absolute atomic E-state index is 12.6. The van der Waals surface area contributed by atoms with Crippen molar-refractivity contribution in [1.29, 1.82) is 0 Å². The predicted octanol–water partition coefficient (Wildman–Crippen LogP) is 2.43. The van der Waals surface area contributed by atoms with Gasteiger partial charge in [0.1, 0.15) is 6.61 Å². The Balaban J connectivity index is 2.25. The van der Waals surface area contributed by atoms with Crippen molar-refractivity contribution in [2.75, 3.05) is 13.2 Å². The van der Waals surface area contributed by atoms with Crippen LogP contribution in [0.3, 0.4) is 0 Å². The molecule has 0 unspecified atom stereocenters. The summed E-state index contributed by atoms with van der Waals surface area (Å²) in [6, 6.07) is 6.29. The van der Waals surface area contributed by atoms with Crippen molar-refractivity contribution >= 4 is 16.0 Å². The minimum atomic E-state index is -4.01. The van der Waals surface area contributed by atoms with E-state index in [1.165, 1.54) is 35.2 Å². The Kier molecular flexibility index (Phi) is 9.07. The zero-order valence-electron chi connectivity index (χ0n) is 17.7. The first-order chi connectivity index (χ1) is 14.8. The molecule has 2 rings (SSSR count). The molecule has 9 nitrogen and oxygen atoms in total. The predicted molar refractivity (Wildman–Crippen MR) is 115 cm³/mol. The van der Waals surface area contributed by atoms with Crippen LogP contribution in [0.15, 0.2) is 46.2 Å². The monoisotopic (exact) mass is 452 g/mol. The number of benzene rings is 1. The lowest BCUT2D eigenvalue weighted by Crippen LogP contribution is -2.29. The number of nitrogens with one attached hydrogen (secondary N) is 1. The number of rotatable bonds is 13. The van der Waals surface area contributed by atoms with E-state index in [4.69, 9.17) is 14.7 Å². The van der Waals surface area contributed by atoms with Gasteiger partial charge in [-0.05, 0) is 31.0 Å². The van der Waals surface area contributed by atoms with Crippen molar-refractivity contribution in [3.8, 4) is 5.75 Å². The Bertz CT molecular complexity index is 1050. The van der Waals surface area contributed by atoms with Crippen molar-refractivity contribution in [3.05, 3.63) is 58.0 Å². The second kappa shape index (κ2) is 11.5. The number of hydrogen-bond donors (Lipinski definition) is 2. The van der Waals surface area contributed by atoms with E-state index in [0.717, 1.165) is 31.7 Å². The first kappa shape index (κ1) is 24.4. The third-order valence-corrected chi connectivity index (χ3v) is 5.78. The molecule has 0 atom stereocenters. The Hall–Kier alpha value is -2.85. The summed E-state index contributed by atoms with van der Waals surface area (Å²) in [5.41, 5.74) is -0.230. The molecule has 1 aromatic carbocycles. The van der Waals surface area contributed by atoms with E-state index in [-0.39, 0.29) is 28.2 Å². The standard InChI is InChI=1S/C21H28N2O7S/c1-3-5-10-29-20-15-23(30-11-6-4-2)17(13-19(20)24)14-22-31(27,28)18-9-7-8-16(12-18)21(25)26/h7-9,12-13,15,22H,3-6,10-11,14H2,1-2H3,(H,25,26). The number of ether oxygens (including phenoxy) is 1. The van der Waals surface area contributed by atoms with Crippen LogP contribution in [-0.4, -0.2) is 37.4 Å². The molecule has 2 N–H and O–H groups in total. The highest BCUT2D eigenvalue weighted by Gasteiger charge is 2.18. The highest BCUT2D eigenvalue weighted by atomic mass is 32.2. The summed E-state index contributed by atoms with van der Waals surface area (Å²) in [5.74, 6) is -1.10. The van der Waals surface area contributed by atoms with Gasteiger partial charge in [-0.3, -0.25) is 4.79 Å². The van der Waals surface area contributed by atoms with Crippen LogP contribution in [0.4, 0.5) is 0 Å².